The average molecular weight is 330 g/mol. The van der Waals surface area contributed by atoms with E-state index < -0.39 is 0 Å². The van der Waals surface area contributed by atoms with Gasteiger partial charge in [-0.15, -0.1) is 0 Å². The topological polar surface area (TPSA) is 71.6 Å². The second kappa shape index (κ2) is 5.17. The van der Waals surface area contributed by atoms with Crippen molar-refractivity contribution in [3.63, 3.8) is 0 Å². The van der Waals surface area contributed by atoms with Crippen molar-refractivity contribution in [2.24, 2.45) is 7.05 Å². The van der Waals surface area contributed by atoms with Crippen LogP contribution in [0.3, 0.4) is 0 Å². The number of hydrogen-bond acceptors (Lipinski definition) is 5. The summed E-state index contributed by atoms with van der Waals surface area (Å²) >= 11 is 0. The molecule has 1 amide bonds. The van der Waals surface area contributed by atoms with Crippen LogP contribution >= 0.6 is 0 Å². The Morgan fingerprint density at radius 3 is 2.50 bits per heavy atom. The summed E-state index contributed by atoms with van der Waals surface area (Å²) in [4.78, 5) is 34.1. The van der Waals surface area contributed by atoms with Gasteiger partial charge in [0, 0.05) is 32.2 Å². The summed E-state index contributed by atoms with van der Waals surface area (Å²) < 4.78 is 6.97. The van der Waals surface area contributed by atoms with Crippen LogP contribution < -0.4 is 5.56 Å². The molecule has 2 aromatic rings. The molecule has 0 bridgehead atoms. The number of carbonyl (C=O) groups excluding carboxylic acids is 1. The van der Waals surface area contributed by atoms with Gasteiger partial charge in [0.15, 0.2) is 0 Å². The van der Waals surface area contributed by atoms with Crippen LogP contribution in [-0.2, 0) is 7.05 Å². The van der Waals surface area contributed by atoms with E-state index in [4.69, 9.17) is 4.42 Å². The normalized spacial score (nSPS) is 20.5. The van der Waals surface area contributed by atoms with E-state index in [-0.39, 0.29) is 22.7 Å². The summed E-state index contributed by atoms with van der Waals surface area (Å²) in [5.74, 6) is 0.382. The van der Waals surface area contributed by atoms with E-state index in [1.807, 2.05) is 4.90 Å². The Kier molecular flexibility index (Phi) is 3.32. The zero-order valence-corrected chi connectivity index (χ0v) is 14.3. The third-order valence-corrected chi connectivity index (χ3v) is 5.70. The number of carbonyl (C=O) groups is 1. The molecule has 7 heteroatoms. The van der Waals surface area contributed by atoms with Crippen molar-refractivity contribution in [3.05, 3.63) is 28.0 Å². The fourth-order valence-electron chi connectivity index (χ4n) is 3.99. The van der Waals surface area contributed by atoms with Crippen LogP contribution in [0.25, 0.3) is 11.1 Å². The second-order valence-corrected chi connectivity index (χ2v) is 7.11. The van der Waals surface area contributed by atoms with E-state index in [9.17, 15) is 9.59 Å². The fourth-order valence-corrected chi connectivity index (χ4v) is 3.99. The number of hydrogen-bond donors (Lipinski definition) is 0. The summed E-state index contributed by atoms with van der Waals surface area (Å²) in [7, 11) is 3.74. The first-order valence-corrected chi connectivity index (χ1v) is 8.38. The van der Waals surface area contributed by atoms with Crippen LogP contribution in [0.5, 0.6) is 0 Å². The van der Waals surface area contributed by atoms with Crippen molar-refractivity contribution < 1.29 is 9.21 Å². The molecule has 2 aliphatic rings. The van der Waals surface area contributed by atoms with Crippen LogP contribution in [0.4, 0.5) is 0 Å². The zero-order valence-electron chi connectivity index (χ0n) is 14.3. The molecule has 128 valence electrons. The number of amides is 1. The maximum absolute atomic E-state index is 13.2. The van der Waals surface area contributed by atoms with Crippen molar-refractivity contribution >= 4 is 17.0 Å². The van der Waals surface area contributed by atoms with Crippen LogP contribution in [0.15, 0.2) is 15.5 Å². The van der Waals surface area contributed by atoms with Crippen molar-refractivity contribution in [1.29, 1.82) is 0 Å². The number of rotatable bonds is 1. The number of fused-ring (bicyclic) bond motifs is 1. The lowest BCUT2D eigenvalue weighted by Gasteiger charge is -2.56. The molecule has 0 atom stereocenters. The molecule has 2 aromatic heterocycles. The van der Waals surface area contributed by atoms with Crippen LogP contribution in [0.1, 0.15) is 35.4 Å². The van der Waals surface area contributed by atoms with E-state index in [1.54, 1.807) is 14.0 Å². The number of aryl methyl sites for hydroxylation is 2. The number of likely N-dealkylation sites (tertiary alicyclic amines) is 2. The molecule has 0 radical (unpaired) electrons. The third kappa shape index (κ3) is 2.04. The first kappa shape index (κ1) is 15.4. The smallest absolute Gasteiger partial charge is 0.265 e. The summed E-state index contributed by atoms with van der Waals surface area (Å²) in [6, 6.07) is 0. The van der Waals surface area contributed by atoms with Crippen molar-refractivity contribution in [3.8, 4) is 0 Å². The molecule has 0 saturated carbocycles. The molecule has 0 N–H and O–H groups in total. The minimum atomic E-state index is -0.238. The SMILES string of the molecule is Cc1oc2ncn(C)c(=O)c2c1C(=O)N1CCC12CCN(C)CC2. The van der Waals surface area contributed by atoms with Gasteiger partial charge in [0.05, 0.1) is 5.56 Å². The molecule has 0 aliphatic carbocycles. The summed E-state index contributed by atoms with van der Waals surface area (Å²) in [6.07, 6.45) is 4.43. The Morgan fingerprint density at radius 2 is 1.88 bits per heavy atom. The first-order valence-electron chi connectivity index (χ1n) is 8.38. The van der Waals surface area contributed by atoms with Gasteiger partial charge in [0.2, 0.25) is 5.71 Å². The van der Waals surface area contributed by atoms with Gasteiger partial charge in [-0.05, 0) is 33.2 Å². The largest absolute Gasteiger partial charge is 0.442 e. The van der Waals surface area contributed by atoms with Gasteiger partial charge in [-0.3, -0.25) is 9.59 Å². The minimum absolute atomic E-state index is 0.0485. The Labute approximate surface area is 139 Å². The molecule has 2 aliphatic heterocycles. The van der Waals surface area contributed by atoms with Crippen LogP contribution in [0.2, 0.25) is 0 Å². The quantitative estimate of drug-likeness (QED) is 0.784. The predicted octanol–water partition coefficient (Wildman–Crippen LogP) is 1.15. The van der Waals surface area contributed by atoms with E-state index >= 15 is 0 Å². The zero-order chi connectivity index (χ0) is 17.1. The summed E-state index contributed by atoms with van der Waals surface area (Å²) in [5, 5.41) is 0.303. The van der Waals surface area contributed by atoms with Crippen molar-refractivity contribution in [1.82, 2.24) is 19.4 Å². The van der Waals surface area contributed by atoms with Gasteiger partial charge in [-0.25, -0.2) is 4.98 Å². The molecule has 7 nitrogen and oxygen atoms in total. The number of nitrogens with zero attached hydrogens (tertiary/aromatic N) is 4. The Hall–Kier alpha value is -2.15. The van der Waals surface area contributed by atoms with Crippen molar-refractivity contribution in [2.45, 2.75) is 31.7 Å². The number of piperidine rings is 1. The Morgan fingerprint density at radius 1 is 1.21 bits per heavy atom. The highest BCUT2D eigenvalue weighted by Crippen LogP contribution is 2.41. The summed E-state index contributed by atoms with van der Waals surface area (Å²) in [5.41, 5.74) is 0.347. The van der Waals surface area contributed by atoms with Gasteiger partial charge in [0.25, 0.3) is 11.5 Å². The highest BCUT2D eigenvalue weighted by atomic mass is 16.3. The molecule has 0 unspecified atom stereocenters. The number of aromatic nitrogens is 2. The molecule has 2 fully saturated rings. The Bertz CT molecular complexity index is 874. The van der Waals surface area contributed by atoms with Gasteiger partial charge in [-0.2, -0.15) is 0 Å². The van der Waals surface area contributed by atoms with Gasteiger partial charge < -0.3 is 18.8 Å². The molecular formula is C17H22N4O3. The lowest BCUT2D eigenvalue weighted by molar-refractivity contribution is -0.0350. The highest BCUT2D eigenvalue weighted by Gasteiger charge is 2.49. The maximum atomic E-state index is 13.2. The standard InChI is InChI=1S/C17H22N4O3/c1-11-12(13-14(24-11)18-10-20(3)15(13)22)16(23)21-9-6-17(21)4-7-19(2)8-5-17/h10H,4-9H2,1-3H3. The lowest BCUT2D eigenvalue weighted by Crippen LogP contribution is -2.65. The fraction of sp³-hybridized carbons (Fsp3) is 0.588. The summed E-state index contributed by atoms with van der Waals surface area (Å²) in [6.45, 7) is 4.47. The molecule has 0 aromatic carbocycles. The molecule has 1 spiro atoms. The van der Waals surface area contributed by atoms with Crippen LogP contribution in [-0.4, -0.2) is 57.5 Å². The van der Waals surface area contributed by atoms with Gasteiger partial charge >= 0.3 is 0 Å². The third-order valence-electron chi connectivity index (χ3n) is 5.70. The maximum Gasteiger partial charge on any atom is 0.265 e. The molecular weight excluding hydrogens is 308 g/mol. The van der Waals surface area contributed by atoms with E-state index in [1.165, 1.54) is 10.9 Å². The molecule has 24 heavy (non-hydrogen) atoms. The Balaban J connectivity index is 1.76. The first-order chi connectivity index (χ1) is 11.4. The lowest BCUT2D eigenvalue weighted by atomic mass is 9.76. The average Bonchev–Trinajstić information content (AvgIpc) is 2.88. The monoisotopic (exact) mass is 330 g/mol. The molecule has 4 rings (SSSR count). The van der Waals surface area contributed by atoms with E-state index in [0.717, 1.165) is 38.9 Å². The van der Waals surface area contributed by atoms with E-state index in [2.05, 4.69) is 16.9 Å². The van der Waals surface area contributed by atoms with E-state index in [0.29, 0.717) is 16.7 Å². The molecule has 4 heterocycles. The minimum Gasteiger partial charge on any atom is -0.442 e. The highest BCUT2D eigenvalue weighted by molar-refractivity contribution is 6.06. The predicted molar refractivity (Wildman–Crippen MR) is 89.1 cm³/mol. The van der Waals surface area contributed by atoms with Gasteiger partial charge in [0.1, 0.15) is 17.5 Å². The second-order valence-electron chi connectivity index (χ2n) is 7.11. The number of furan rings is 1. The van der Waals surface area contributed by atoms with Gasteiger partial charge in [-0.1, -0.05) is 0 Å². The van der Waals surface area contributed by atoms with Crippen molar-refractivity contribution in [2.75, 3.05) is 26.7 Å². The van der Waals surface area contributed by atoms with Crippen LogP contribution in [0, 0.1) is 6.92 Å². The molecule has 2 saturated heterocycles.